The molecule has 71 heavy (non-hydrogen) atoms. The van der Waals surface area contributed by atoms with Crippen LogP contribution in [0.25, 0.3) is 22.5 Å². The van der Waals surface area contributed by atoms with Crippen LogP contribution >= 0.6 is 11.6 Å². The number of aliphatic carboxylic acids is 1. The second-order valence-corrected chi connectivity index (χ2v) is 19.4. The molecular weight excluding hydrogens is 970 g/mol. The Labute approximate surface area is 413 Å². The summed E-state index contributed by atoms with van der Waals surface area (Å²) in [6.07, 6.45) is -2.74. The Morgan fingerprint density at radius 2 is 1.55 bits per heavy atom. The van der Waals surface area contributed by atoms with E-state index in [2.05, 4.69) is 25.9 Å². The maximum atomic E-state index is 14.8. The molecule has 0 saturated carbocycles. The lowest BCUT2D eigenvalue weighted by Crippen LogP contribution is -2.57. The molecule has 1 aliphatic rings. The zero-order valence-electron chi connectivity index (χ0n) is 39.3. The number of anilines is 1. The number of nitrogens with two attached hydrogens (primary N) is 4. The van der Waals surface area contributed by atoms with Crippen LogP contribution < -0.4 is 52.5 Å². The summed E-state index contributed by atoms with van der Waals surface area (Å²) >= 11 is 6.54. The van der Waals surface area contributed by atoms with E-state index in [0.29, 0.717) is 11.1 Å². The second kappa shape index (κ2) is 23.0. The minimum absolute atomic E-state index is 0.00562. The van der Waals surface area contributed by atoms with Crippen molar-refractivity contribution in [2.75, 3.05) is 45.6 Å². The van der Waals surface area contributed by atoms with E-state index in [-0.39, 0.29) is 65.5 Å². The van der Waals surface area contributed by atoms with Crippen molar-refractivity contribution < 1.29 is 62.3 Å². The number of amides is 4. The number of benzene rings is 3. The van der Waals surface area contributed by atoms with Crippen molar-refractivity contribution in [1.29, 1.82) is 0 Å². The molecule has 0 radical (unpaired) electrons. The Morgan fingerprint density at radius 1 is 0.930 bits per heavy atom. The summed E-state index contributed by atoms with van der Waals surface area (Å²) in [5, 5.41) is 54.7. The smallest absolute Gasteiger partial charge is 0.326 e. The first kappa shape index (κ1) is 55.2. The molecule has 0 spiro atoms. The number of rotatable bonds is 17. The monoisotopic (exact) mass is 1030 g/mol. The van der Waals surface area contributed by atoms with Crippen LogP contribution in [0.2, 0.25) is 5.15 Å². The van der Waals surface area contributed by atoms with Gasteiger partial charge in [-0.05, 0) is 53.3 Å². The first-order valence-electron chi connectivity index (χ1n) is 21.9. The minimum Gasteiger partial charge on any atom is -0.504 e. The predicted octanol–water partition coefficient (Wildman–Crippen LogP) is -0.832. The summed E-state index contributed by atoms with van der Waals surface area (Å²) in [6, 6.07) is 7.04. The topological polar surface area (TPSA) is 400 Å². The third-order valence-electron chi connectivity index (χ3n) is 11.2. The number of halogens is 1. The lowest BCUT2D eigenvalue weighted by molar-refractivity contribution is -0.143. The van der Waals surface area contributed by atoms with Gasteiger partial charge in [0.1, 0.15) is 71.9 Å². The van der Waals surface area contributed by atoms with Gasteiger partial charge in [-0.25, -0.2) is 19.9 Å². The first-order valence-corrected chi connectivity index (χ1v) is 23.8. The van der Waals surface area contributed by atoms with Crippen LogP contribution in [-0.2, 0) is 41.2 Å². The van der Waals surface area contributed by atoms with E-state index in [1.54, 1.807) is 12.1 Å². The molecule has 0 unspecified atom stereocenters. The normalized spacial score (nSPS) is 17.6. The van der Waals surface area contributed by atoms with Crippen molar-refractivity contribution in [3.8, 4) is 39.8 Å². The molecule has 1 aliphatic heterocycles. The van der Waals surface area contributed by atoms with E-state index in [1.165, 1.54) is 31.2 Å². The van der Waals surface area contributed by atoms with Crippen LogP contribution in [0, 0.1) is 0 Å². The molecule has 384 valence electrons. The van der Waals surface area contributed by atoms with E-state index in [0.717, 1.165) is 23.6 Å². The van der Waals surface area contributed by atoms with Crippen LogP contribution in [0.1, 0.15) is 60.8 Å². The fourth-order valence-electron chi connectivity index (χ4n) is 7.20. The standard InChI is InChI=1S/C45H58ClN11O13S/c1-21-40(61)53-30(44(65)66)13-22-6-11-32(69-19-26(58)16-47)28(12-22)29-14-24(15-33(36(29)60)70-20-27(59)17-48)35(42(63)52-21)57(5)43(64)31(18-51-71(50,67)68)54-41(62)34-37(46)55-39(56-38(34)49)23-7-9-25(10-8-23)45(2,3)4/h6-12,14-15,21,26-27,30-31,35,51,58-60H,13,16-20,47-48H2,1-5H3,(H,52,63)(H,53,61)(H,54,62)(H,65,66)(H2,49,55,56)(H2,50,67,68)/t21-,26+,27+,30-,31-,35-/m0/s1. The molecule has 24 nitrogen and oxygen atoms in total. The van der Waals surface area contributed by atoms with E-state index >= 15 is 0 Å². The van der Waals surface area contributed by atoms with Gasteiger partial charge in [0.05, 0.1) is 0 Å². The number of aromatic hydroxyl groups is 1. The highest BCUT2D eigenvalue weighted by atomic mass is 35.5. The Bertz CT molecular complexity index is 2740. The molecule has 1 aromatic heterocycles. The number of fused-ring (bicyclic) bond motifs is 5. The van der Waals surface area contributed by atoms with Crippen molar-refractivity contribution in [2.45, 2.75) is 75.9 Å². The van der Waals surface area contributed by atoms with Crippen LogP contribution in [0.3, 0.4) is 0 Å². The van der Waals surface area contributed by atoms with Crippen molar-refractivity contribution in [2.24, 2.45) is 16.6 Å². The Balaban J connectivity index is 1.67. The van der Waals surface area contributed by atoms with Gasteiger partial charge in [0.2, 0.25) is 17.7 Å². The van der Waals surface area contributed by atoms with Gasteiger partial charge in [0.15, 0.2) is 17.3 Å². The number of phenolic OH excluding ortho intramolecular Hbond substituents is 1. The molecule has 6 atom stereocenters. The van der Waals surface area contributed by atoms with Gasteiger partial charge in [0.25, 0.3) is 16.1 Å². The Morgan fingerprint density at radius 3 is 2.11 bits per heavy atom. The summed E-state index contributed by atoms with van der Waals surface area (Å²) in [4.78, 5) is 78.9. The number of aromatic nitrogens is 2. The van der Waals surface area contributed by atoms with Crippen LogP contribution in [0.15, 0.2) is 54.6 Å². The number of aliphatic hydroxyl groups is 2. The average molecular weight is 1030 g/mol. The quantitative estimate of drug-likeness (QED) is 0.0574. The molecule has 0 saturated heterocycles. The minimum atomic E-state index is -4.57. The number of nitrogens with zero attached hydrogens (tertiary/aromatic N) is 3. The number of nitrogen functional groups attached to an aromatic ring is 1. The number of carbonyl (C=O) groups is 5. The summed E-state index contributed by atoms with van der Waals surface area (Å²) in [5.74, 6) is -7.21. The van der Waals surface area contributed by atoms with E-state index in [1.807, 2.05) is 37.6 Å². The molecule has 5 rings (SSSR count). The fourth-order valence-corrected chi connectivity index (χ4v) is 7.86. The zero-order valence-corrected chi connectivity index (χ0v) is 40.9. The number of carboxylic acid groups (broad SMARTS) is 1. The fraction of sp³-hybridized carbons (Fsp3) is 0.400. The highest BCUT2D eigenvalue weighted by Crippen LogP contribution is 2.45. The SMILES string of the molecule is C[C@@H]1NC(=O)[C@@H](N(C)C(=O)[C@H](CNS(N)(=O)=O)NC(=O)c2c(N)nc(-c3ccc(C(C)(C)C)cc3)nc2Cl)c2cc(OC[C@H](O)CN)c(O)c(c2)-c2cc(ccc2OC[C@H](O)CN)C[C@@H](C(=O)O)NC1=O. The molecular formula is C45H58ClN11O13S. The van der Waals surface area contributed by atoms with Gasteiger partial charge in [-0.3, -0.25) is 19.2 Å². The number of hydrogen-bond acceptors (Lipinski definition) is 17. The molecule has 2 heterocycles. The van der Waals surface area contributed by atoms with Gasteiger partial charge in [0, 0.05) is 49.8 Å². The van der Waals surface area contributed by atoms with Crippen LogP contribution in [0.5, 0.6) is 17.2 Å². The predicted molar refractivity (Wildman–Crippen MR) is 259 cm³/mol. The molecule has 0 aliphatic carbocycles. The lowest BCUT2D eigenvalue weighted by atomic mass is 9.87. The number of carboxylic acids is 1. The molecule has 4 amide bonds. The maximum absolute atomic E-state index is 14.8. The molecule has 16 N–H and O–H groups in total. The number of carbonyl (C=O) groups excluding carboxylic acids is 4. The highest BCUT2D eigenvalue weighted by Gasteiger charge is 2.38. The van der Waals surface area contributed by atoms with Gasteiger partial charge < -0.3 is 68.0 Å². The summed E-state index contributed by atoms with van der Waals surface area (Å²) in [7, 11) is -3.48. The maximum Gasteiger partial charge on any atom is 0.326 e. The van der Waals surface area contributed by atoms with Crippen molar-refractivity contribution in [3.63, 3.8) is 0 Å². The Kier molecular flexibility index (Phi) is 17.9. The van der Waals surface area contributed by atoms with Gasteiger partial charge in [-0.15, -0.1) is 0 Å². The summed E-state index contributed by atoms with van der Waals surface area (Å²) in [6.45, 7) is 5.06. The Hall–Kier alpha value is -6.71. The molecule has 26 heteroatoms. The number of nitrogens with one attached hydrogen (secondary N) is 4. The highest BCUT2D eigenvalue weighted by molar-refractivity contribution is 7.87. The number of aliphatic hydroxyl groups excluding tert-OH is 2. The first-order chi connectivity index (χ1) is 33.2. The zero-order chi connectivity index (χ0) is 52.7. The number of phenols is 1. The van der Waals surface area contributed by atoms with Crippen molar-refractivity contribution in [1.82, 2.24) is 35.5 Å². The van der Waals surface area contributed by atoms with Crippen LogP contribution in [-0.4, -0.2) is 144 Å². The summed E-state index contributed by atoms with van der Waals surface area (Å²) in [5.41, 5.74) is 18.3. The van der Waals surface area contributed by atoms with Gasteiger partial charge in [-0.1, -0.05) is 62.7 Å². The van der Waals surface area contributed by atoms with Crippen molar-refractivity contribution in [3.05, 3.63) is 82.0 Å². The van der Waals surface area contributed by atoms with E-state index in [9.17, 15) is 52.8 Å². The lowest BCUT2D eigenvalue weighted by Gasteiger charge is -2.33. The second-order valence-electron chi connectivity index (χ2n) is 17.7. The summed E-state index contributed by atoms with van der Waals surface area (Å²) < 4.78 is 38.2. The largest absolute Gasteiger partial charge is 0.504 e. The molecule has 3 aromatic carbocycles. The van der Waals surface area contributed by atoms with Crippen LogP contribution in [0.4, 0.5) is 5.82 Å². The number of likely N-dealkylation sites (N-methyl/N-ethyl adjacent to an activating group) is 1. The molecule has 4 bridgehead atoms. The van der Waals surface area contributed by atoms with Gasteiger partial charge in [-0.2, -0.15) is 13.1 Å². The van der Waals surface area contributed by atoms with Crippen molar-refractivity contribution >= 4 is 57.2 Å². The van der Waals surface area contributed by atoms with E-state index in [4.69, 9.17) is 43.4 Å². The molecule has 4 aromatic rings. The third-order valence-corrected chi connectivity index (χ3v) is 12.0. The van der Waals surface area contributed by atoms with E-state index < -0.39 is 112 Å². The average Bonchev–Trinajstić information content (AvgIpc) is 3.30. The molecule has 0 fully saturated rings. The number of hydrogen-bond donors (Lipinski definition) is 12. The number of ether oxygens (including phenoxy) is 2. The third kappa shape index (κ3) is 14.0. The van der Waals surface area contributed by atoms with Gasteiger partial charge >= 0.3 is 5.97 Å².